The van der Waals surface area contributed by atoms with E-state index in [2.05, 4.69) is 32.8 Å². The fourth-order valence-corrected chi connectivity index (χ4v) is 3.49. The maximum atomic E-state index is 12.6. The monoisotopic (exact) mass is 361 g/mol. The lowest BCUT2D eigenvalue weighted by Crippen LogP contribution is -2.32. The van der Waals surface area contributed by atoms with Crippen LogP contribution in [0.15, 0.2) is 54.9 Å². The van der Waals surface area contributed by atoms with Crippen LogP contribution in [-0.4, -0.2) is 25.0 Å². The molecule has 2 aromatic carbocycles. The molecule has 0 aliphatic rings. The first-order valence-electron chi connectivity index (χ1n) is 9.29. The molecule has 6 nitrogen and oxygen atoms in total. The van der Waals surface area contributed by atoms with E-state index in [4.69, 9.17) is 0 Å². The van der Waals surface area contributed by atoms with Crippen LogP contribution in [0.5, 0.6) is 0 Å². The van der Waals surface area contributed by atoms with E-state index < -0.39 is 0 Å². The highest BCUT2D eigenvalue weighted by Gasteiger charge is 2.16. The molecule has 1 N–H and O–H groups in total. The summed E-state index contributed by atoms with van der Waals surface area (Å²) in [4.78, 5) is 21.7. The number of amides is 1. The Bertz CT molecular complexity index is 1090. The van der Waals surface area contributed by atoms with Gasteiger partial charge in [-0.25, -0.2) is 9.97 Å². The normalized spacial score (nSPS) is 12.5. The van der Waals surface area contributed by atoms with Gasteiger partial charge in [0.25, 0.3) is 0 Å². The number of aryl methyl sites for hydroxylation is 1. The molecule has 138 valence electrons. The van der Waals surface area contributed by atoms with Crippen molar-refractivity contribution in [3.05, 3.63) is 60.7 Å². The number of nitrogens with one attached hydrogen (secondary N) is 1. The van der Waals surface area contributed by atoms with E-state index >= 15 is 0 Å². The highest BCUT2D eigenvalue weighted by molar-refractivity contribution is 5.80. The fourth-order valence-electron chi connectivity index (χ4n) is 3.49. The molecule has 2 aromatic heterocycles. The topological polar surface area (TPSA) is 64.7 Å². The summed E-state index contributed by atoms with van der Waals surface area (Å²) in [5.41, 5.74) is 4.05. The molecular formula is C21H23N5O. The Morgan fingerprint density at radius 1 is 1.07 bits per heavy atom. The van der Waals surface area contributed by atoms with Gasteiger partial charge in [0, 0.05) is 13.1 Å². The third kappa shape index (κ3) is 3.30. The smallest absolute Gasteiger partial charge is 0.225 e. The van der Waals surface area contributed by atoms with E-state index in [1.165, 1.54) is 0 Å². The number of para-hydroxylation sites is 4. The van der Waals surface area contributed by atoms with Crippen LogP contribution in [0.1, 0.15) is 19.7 Å². The largest absolute Gasteiger partial charge is 0.349 e. The number of hydrogen-bond acceptors (Lipinski definition) is 3. The van der Waals surface area contributed by atoms with Crippen LogP contribution < -0.4 is 5.32 Å². The maximum absolute atomic E-state index is 12.6. The first-order valence-corrected chi connectivity index (χ1v) is 9.29. The highest BCUT2D eigenvalue weighted by atomic mass is 16.1. The molecule has 27 heavy (non-hydrogen) atoms. The molecule has 0 bridgehead atoms. The number of rotatable bonds is 6. The molecule has 2 heterocycles. The van der Waals surface area contributed by atoms with E-state index in [0.717, 1.165) is 34.4 Å². The molecule has 0 fully saturated rings. The molecule has 0 aliphatic carbocycles. The Balaban J connectivity index is 1.45. The van der Waals surface area contributed by atoms with Crippen molar-refractivity contribution in [3.63, 3.8) is 0 Å². The van der Waals surface area contributed by atoms with Crippen molar-refractivity contribution in [2.75, 3.05) is 0 Å². The first kappa shape index (κ1) is 17.3. The zero-order chi connectivity index (χ0) is 18.8. The minimum Gasteiger partial charge on any atom is -0.349 e. The van der Waals surface area contributed by atoms with E-state index in [9.17, 15) is 4.79 Å². The quantitative estimate of drug-likeness (QED) is 0.573. The van der Waals surface area contributed by atoms with Gasteiger partial charge in [-0.15, -0.1) is 0 Å². The van der Waals surface area contributed by atoms with Gasteiger partial charge >= 0.3 is 0 Å². The Hall–Kier alpha value is -3.15. The van der Waals surface area contributed by atoms with Crippen molar-refractivity contribution in [1.82, 2.24) is 24.4 Å². The SMILES string of the molecule is CCn1c(CNC(=O)C(C)Cn2cnc3ccccc32)nc2ccccc21. The van der Waals surface area contributed by atoms with Crippen molar-refractivity contribution < 1.29 is 4.79 Å². The number of imidazole rings is 2. The number of carbonyl (C=O) groups is 1. The zero-order valence-corrected chi connectivity index (χ0v) is 15.6. The average molecular weight is 361 g/mol. The van der Waals surface area contributed by atoms with Gasteiger partial charge < -0.3 is 14.5 Å². The Morgan fingerprint density at radius 3 is 2.56 bits per heavy atom. The minimum atomic E-state index is -0.165. The molecule has 4 aromatic rings. The van der Waals surface area contributed by atoms with Crippen LogP contribution in [0.2, 0.25) is 0 Å². The van der Waals surface area contributed by atoms with Crippen molar-refractivity contribution in [1.29, 1.82) is 0 Å². The van der Waals surface area contributed by atoms with Gasteiger partial charge in [0.1, 0.15) is 5.82 Å². The molecular weight excluding hydrogens is 338 g/mol. The van der Waals surface area contributed by atoms with E-state index in [1.807, 2.05) is 54.0 Å². The molecule has 0 radical (unpaired) electrons. The van der Waals surface area contributed by atoms with Crippen LogP contribution in [0, 0.1) is 5.92 Å². The highest BCUT2D eigenvalue weighted by Crippen LogP contribution is 2.16. The number of hydrogen-bond donors (Lipinski definition) is 1. The number of fused-ring (bicyclic) bond motifs is 2. The number of nitrogens with zero attached hydrogens (tertiary/aromatic N) is 4. The standard InChI is InChI=1S/C21H23N5O/c1-3-26-19-11-7-5-9-17(19)24-20(26)12-22-21(27)15(2)13-25-14-23-16-8-4-6-10-18(16)25/h4-11,14-15H,3,12-13H2,1-2H3,(H,22,27). The molecule has 0 spiro atoms. The van der Waals surface area contributed by atoms with Crippen molar-refractivity contribution in [2.45, 2.75) is 33.5 Å². The second-order valence-corrected chi connectivity index (χ2v) is 6.77. The third-order valence-electron chi connectivity index (χ3n) is 4.92. The Labute approximate surface area is 157 Å². The van der Waals surface area contributed by atoms with E-state index in [-0.39, 0.29) is 11.8 Å². The summed E-state index contributed by atoms with van der Waals surface area (Å²) in [6.45, 7) is 5.87. The molecule has 0 aliphatic heterocycles. The number of aromatic nitrogens is 4. The predicted octanol–water partition coefficient (Wildman–Crippen LogP) is 3.36. The molecule has 0 saturated carbocycles. The number of carbonyl (C=O) groups excluding carboxylic acids is 1. The first-order chi connectivity index (χ1) is 13.2. The van der Waals surface area contributed by atoms with Crippen molar-refractivity contribution in [2.24, 2.45) is 5.92 Å². The van der Waals surface area contributed by atoms with Crippen molar-refractivity contribution >= 4 is 28.0 Å². The summed E-state index contributed by atoms with van der Waals surface area (Å²) in [6, 6.07) is 16.0. The zero-order valence-electron chi connectivity index (χ0n) is 15.6. The summed E-state index contributed by atoms with van der Waals surface area (Å²) in [5.74, 6) is 0.733. The summed E-state index contributed by atoms with van der Waals surface area (Å²) < 4.78 is 4.17. The van der Waals surface area contributed by atoms with Crippen LogP contribution in [0.4, 0.5) is 0 Å². The Kier molecular flexibility index (Phi) is 4.62. The van der Waals surface area contributed by atoms with Gasteiger partial charge in [0.15, 0.2) is 0 Å². The Morgan fingerprint density at radius 2 is 1.78 bits per heavy atom. The van der Waals surface area contributed by atoms with Gasteiger partial charge in [-0.1, -0.05) is 31.2 Å². The summed E-state index contributed by atoms with van der Waals surface area (Å²) in [6.07, 6.45) is 1.80. The number of benzene rings is 2. The van der Waals surface area contributed by atoms with Crippen LogP contribution in [0.25, 0.3) is 22.1 Å². The fraction of sp³-hybridized carbons (Fsp3) is 0.286. The molecule has 6 heteroatoms. The molecule has 1 atom stereocenters. The van der Waals surface area contributed by atoms with Gasteiger partial charge in [0.2, 0.25) is 5.91 Å². The summed E-state index contributed by atoms with van der Waals surface area (Å²) in [5, 5.41) is 3.04. The summed E-state index contributed by atoms with van der Waals surface area (Å²) >= 11 is 0. The second-order valence-electron chi connectivity index (χ2n) is 6.77. The minimum absolute atomic E-state index is 0.0162. The van der Waals surface area contributed by atoms with Crippen LogP contribution in [0.3, 0.4) is 0 Å². The maximum Gasteiger partial charge on any atom is 0.225 e. The second kappa shape index (κ2) is 7.23. The lowest BCUT2D eigenvalue weighted by atomic mass is 10.1. The molecule has 4 rings (SSSR count). The van der Waals surface area contributed by atoms with E-state index in [0.29, 0.717) is 13.1 Å². The third-order valence-corrected chi connectivity index (χ3v) is 4.92. The average Bonchev–Trinajstić information content (AvgIpc) is 3.27. The van der Waals surface area contributed by atoms with Crippen molar-refractivity contribution in [3.8, 4) is 0 Å². The lowest BCUT2D eigenvalue weighted by Gasteiger charge is -2.14. The van der Waals surface area contributed by atoms with E-state index in [1.54, 1.807) is 6.33 Å². The predicted molar refractivity (Wildman–Crippen MR) is 106 cm³/mol. The van der Waals surface area contributed by atoms with Gasteiger partial charge in [-0.05, 0) is 31.2 Å². The van der Waals surface area contributed by atoms with Crippen LogP contribution in [-0.2, 0) is 24.4 Å². The van der Waals surface area contributed by atoms with Gasteiger partial charge in [-0.2, -0.15) is 0 Å². The van der Waals surface area contributed by atoms with Crippen LogP contribution >= 0.6 is 0 Å². The molecule has 1 amide bonds. The molecule has 0 saturated heterocycles. The molecule has 1 unspecified atom stereocenters. The summed E-state index contributed by atoms with van der Waals surface area (Å²) in [7, 11) is 0. The lowest BCUT2D eigenvalue weighted by molar-refractivity contribution is -0.125. The van der Waals surface area contributed by atoms with Gasteiger partial charge in [0.05, 0.1) is 40.9 Å². The van der Waals surface area contributed by atoms with Gasteiger partial charge in [-0.3, -0.25) is 4.79 Å².